The summed E-state index contributed by atoms with van der Waals surface area (Å²) in [6, 6.07) is 6.97. The molecule has 2 aromatic carbocycles. The van der Waals surface area contributed by atoms with Crippen LogP contribution in [0.5, 0.6) is 0 Å². The first-order valence-corrected chi connectivity index (χ1v) is 7.19. The Bertz CT molecular complexity index is 646. The third-order valence-electron chi connectivity index (χ3n) is 3.18. The van der Waals surface area contributed by atoms with Gasteiger partial charge in [0.05, 0.1) is 11.1 Å². The van der Waals surface area contributed by atoms with Crippen molar-refractivity contribution in [3.05, 3.63) is 68.2 Å². The topological polar surface area (TPSA) is 12.0 Å². The van der Waals surface area contributed by atoms with Gasteiger partial charge in [-0.25, -0.2) is 8.78 Å². The quantitative estimate of drug-likeness (QED) is 0.760. The summed E-state index contributed by atoms with van der Waals surface area (Å²) in [4.78, 5) is 0. The molecule has 2 aromatic rings. The van der Waals surface area contributed by atoms with Crippen LogP contribution < -0.4 is 5.32 Å². The van der Waals surface area contributed by atoms with Gasteiger partial charge in [0.1, 0.15) is 11.6 Å². The molecule has 0 radical (unpaired) electrons. The number of rotatable bonds is 3. The fraction of sp³-hybridized carbons (Fsp3) is 0.200. The SMILES string of the molecule is CNC(c1ccc(F)cc1C)c1cc(Cl)c(Br)cc1F. The monoisotopic (exact) mass is 359 g/mol. The van der Waals surface area contributed by atoms with Crippen molar-refractivity contribution in [2.45, 2.75) is 13.0 Å². The van der Waals surface area contributed by atoms with Gasteiger partial charge < -0.3 is 5.32 Å². The van der Waals surface area contributed by atoms with Gasteiger partial charge in [0.2, 0.25) is 0 Å². The third kappa shape index (κ3) is 3.03. The molecule has 0 spiro atoms. The van der Waals surface area contributed by atoms with Crippen LogP contribution >= 0.6 is 27.5 Å². The predicted molar refractivity (Wildman–Crippen MR) is 81.1 cm³/mol. The van der Waals surface area contributed by atoms with Crippen molar-refractivity contribution in [3.63, 3.8) is 0 Å². The van der Waals surface area contributed by atoms with Crippen LogP contribution in [0, 0.1) is 18.6 Å². The molecule has 0 saturated heterocycles. The van der Waals surface area contributed by atoms with Crippen LogP contribution in [-0.4, -0.2) is 7.05 Å². The first-order chi connectivity index (χ1) is 9.43. The Morgan fingerprint density at radius 2 is 1.85 bits per heavy atom. The summed E-state index contributed by atoms with van der Waals surface area (Å²) >= 11 is 9.23. The van der Waals surface area contributed by atoms with Crippen LogP contribution in [0.3, 0.4) is 0 Å². The summed E-state index contributed by atoms with van der Waals surface area (Å²) in [5.41, 5.74) is 1.99. The molecule has 1 atom stereocenters. The van der Waals surface area contributed by atoms with Gasteiger partial charge in [-0.15, -0.1) is 0 Å². The zero-order valence-corrected chi connectivity index (χ0v) is 13.3. The standard InChI is InChI=1S/C15H13BrClF2N/c1-8-5-9(18)3-4-10(8)15(20-2)11-6-13(17)12(16)7-14(11)19/h3-7,15,20H,1-2H3. The van der Waals surface area contributed by atoms with Crippen LogP contribution in [0.4, 0.5) is 8.78 Å². The van der Waals surface area contributed by atoms with E-state index in [1.54, 1.807) is 26.1 Å². The normalized spacial score (nSPS) is 12.5. The molecule has 0 aliphatic heterocycles. The molecule has 0 aromatic heterocycles. The predicted octanol–water partition coefficient (Wildman–Crippen LogP) is 5.00. The number of hydrogen-bond donors (Lipinski definition) is 1. The molecule has 2 rings (SSSR count). The molecule has 0 saturated carbocycles. The lowest BCUT2D eigenvalue weighted by Crippen LogP contribution is -2.20. The molecule has 0 fully saturated rings. The number of benzene rings is 2. The van der Waals surface area contributed by atoms with Crippen LogP contribution in [0.2, 0.25) is 5.02 Å². The largest absolute Gasteiger partial charge is 0.309 e. The van der Waals surface area contributed by atoms with E-state index >= 15 is 0 Å². The van der Waals surface area contributed by atoms with Gasteiger partial charge in [-0.2, -0.15) is 0 Å². The summed E-state index contributed by atoms with van der Waals surface area (Å²) in [5, 5.41) is 3.48. The second-order valence-electron chi connectivity index (χ2n) is 4.51. The van der Waals surface area contributed by atoms with Gasteiger partial charge in [-0.05, 0) is 65.3 Å². The highest BCUT2D eigenvalue weighted by Crippen LogP contribution is 2.32. The van der Waals surface area contributed by atoms with Gasteiger partial charge in [0.25, 0.3) is 0 Å². The molecule has 106 valence electrons. The first kappa shape index (κ1) is 15.4. The Hall–Kier alpha value is -0.970. The van der Waals surface area contributed by atoms with Crippen molar-refractivity contribution in [2.75, 3.05) is 7.05 Å². The Labute approximate surface area is 130 Å². The van der Waals surface area contributed by atoms with Crippen LogP contribution in [0.25, 0.3) is 0 Å². The van der Waals surface area contributed by atoms with Gasteiger partial charge in [0, 0.05) is 10.0 Å². The zero-order chi connectivity index (χ0) is 14.9. The van der Waals surface area contributed by atoms with E-state index in [1.165, 1.54) is 18.2 Å². The molecule has 0 heterocycles. The van der Waals surface area contributed by atoms with Gasteiger partial charge in [-0.3, -0.25) is 0 Å². The second-order valence-corrected chi connectivity index (χ2v) is 5.77. The Morgan fingerprint density at radius 3 is 2.45 bits per heavy atom. The van der Waals surface area contributed by atoms with Crippen LogP contribution in [0.15, 0.2) is 34.8 Å². The highest BCUT2D eigenvalue weighted by molar-refractivity contribution is 9.10. The van der Waals surface area contributed by atoms with E-state index in [2.05, 4.69) is 21.2 Å². The van der Waals surface area contributed by atoms with E-state index in [0.29, 0.717) is 15.1 Å². The average Bonchev–Trinajstić information content (AvgIpc) is 2.38. The molecular formula is C15H13BrClF2N. The van der Waals surface area contributed by atoms with E-state index in [9.17, 15) is 8.78 Å². The zero-order valence-electron chi connectivity index (χ0n) is 11.0. The van der Waals surface area contributed by atoms with Crippen molar-refractivity contribution in [3.8, 4) is 0 Å². The van der Waals surface area contributed by atoms with E-state index in [1.807, 2.05) is 0 Å². The summed E-state index contributed by atoms with van der Waals surface area (Å²) in [6.45, 7) is 1.79. The van der Waals surface area contributed by atoms with Crippen molar-refractivity contribution in [1.82, 2.24) is 5.32 Å². The van der Waals surface area contributed by atoms with Gasteiger partial charge in [0.15, 0.2) is 0 Å². The fourth-order valence-corrected chi connectivity index (χ4v) is 2.69. The minimum atomic E-state index is -0.388. The van der Waals surface area contributed by atoms with Crippen LogP contribution in [-0.2, 0) is 0 Å². The van der Waals surface area contributed by atoms with Crippen molar-refractivity contribution < 1.29 is 8.78 Å². The minimum Gasteiger partial charge on any atom is -0.309 e. The summed E-state index contributed by atoms with van der Waals surface area (Å²) in [5.74, 6) is -0.681. The molecule has 1 N–H and O–H groups in total. The lowest BCUT2D eigenvalue weighted by Gasteiger charge is -2.20. The van der Waals surface area contributed by atoms with E-state index in [-0.39, 0.29) is 17.7 Å². The van der Waals surface area contributed by atoms with Gasteiger partial charge in [-0.1, -0.05) is 17.7 Å². The number of nitrogens with one attached hydrogen (secondary N) is 1. The molecule has 0 amide bonds. The summed E-state index contributed by atoms with van der Waals surface area (Å²) in [7, 11) is 1.73. The number of halogens is 4. The minimum absolute atomic E-state index is 0.310. The van der Waals surface area contributed by atoms with E-state index in [0.717, 1.165) is 11.1 Å². The molecular weight excluding hydrogens is 348 g/mol. The summed E-state index contributed by atoms with van der Waals surface area (Å²) in [6.07, 6.45) is 0. The lowest BCUT2D eigenvalue weighted by molar-refractivity contribution is 0.572. The highest BCUT2D eigenvalue weighted by Gasteiger charge is 2.19. The maximum Gasteiger partial charge on any atom is 0.129 e. The molecule has 0 aliphatic rings. The number of hydrogen-bond acceptors (Lipinski definition) is 1. The van der Waals surface area contributed by atoms with Crippen LogP contribution in [0.1, 0.15) is 22.7 Å². The summed E-state index contributed by atoms with van der Waals surface area (Å²) < 4.78 is 27.9. The Morgan fingerprint density at radius 1 is 1.15 bits per heavy atom. The molecule has 1 unspecified atom stereocenters. The molecule has 20 heavy (non-hydrogen) atoms. The van der Waals surface area contributed by atoms with E-state index < -0.39 is 0 Å². The Kier molecular flexibility index (Phi) is 4.78. The second kappa shape index (κ2) is 6.20. The first-order valence-electron chi connectivity index (χ1n) is 6.01. The lowest BCUT2D eigenvalue weighted by atomic mass is 9.94. The van der Waals surface area contributed by atoms with Crippen molar-refractivity contribution >= 4 is 27.5 Å². The molecule has 0 aliphatic carbocycles. The fourth-order valence-electron chi connectivity index (χ4n) is 2.20. The Balaban J connectivity index is 2.55. The molecule has 1 nitrogen and oxygen atoms in total. The highest BCUT2D eigenvalue weighted by atomic mass is 79.9. The molecule has 0 bridgehead atoms. The maximum absolute atomic E-state index is 14.2. The van der Waals surface area contributed by atoms with Crippen molar-refractivity contribution in [1.29, 1.82) is 0 Å². The van der Waals surface area contributed by atoms with Crippen molar-refractivity contribution in [2.24, 2.45) is 0 Å². The smallest absolute Gasteiger partial charge is 0.129 e. The number of aryl methyl sites for hydroxylation is 1. The molecule has 5 heteroatoms. The third-order valence-corrected chi connectivity index (χ3v) is 4.38. The maximum atomic E-state index is 14.2. The van der Waals surface area contributed by atoms with Gasteiger partial charge >= 0.3 is 0 Å². The van der Waals surface area contributed by atoms with E-state index in [4.69, 9.17) is 11.6 Å². The average molecular weight is 361 g/mol.